The zero-order chi connectivity index (χ0) is 27.4. The topological polar surface area (TPSA) is 0 Å². The third-order valence-electron chi connectivity index (χ3n) is 7.43. The van der Waals surface area contributed by atoms with Gasteiger partial charge >= 0.3 is 0 Å². The highest BCUT2D eigenvalue weighted by Crippen LogP contribution is 2.47. The molecule has 0 aliphatic rings. The van der Waals surface area contributed by atoms with Gasteiger partial charge in [0.05, 0.1) is 0 Å². The third-order valence-corrected chi connectivity index (χ3v) is 7.43. The van der Waals surface area contributed by atoms with Gasteiger partial charge in [-0.1, -0.05) is 141 Å². The first kappa shape index (κ1) is 29.7. The lowest BCUT2D eigenvalue weighted by molar-refractivity contribution is 0.490. The van der Waals surface area contributed by atoms with E-state index in [-0.39, 0.29) is 27.1 Å². The molecule has 0 bridgehead atoms. The van der Waals surface area contributed by atoms with E-state index in [2.05, 4.69) is 141 Å². The van der Waals surface area contributed by atoms with Gasteiger partial charge in [-0.25, -0.2) is 0 Å². The summed E-state index contributed by atoms with van der Waals surface area (Å²) in [4.78, 5) is 0. The lowest BCUT2D eigenvalue weighted by Crippen LogP contribution is -2.30. The Kier molecular flexibility index (Phi) is 7.96. The summed E-state index contributed by atoms with van der Waals surface area (Å²) in [6, 6.07) is 12.3. The molecule has 0 spiro atoms. The number of rotatable bonds is 3. The average molecular weight is 477 g/mol. The van der Waals surface area contributed by atoms with Crippen LogP contribution in [-0.4, -0.2) is 0 Å². The molecular weight excluding hydrogens is 420 g/mol. The molecule has 2 aromatic carbocycles. The molecule has 0 saturated carbocycles. The van der Waals surface area contributed by atoms with Crippen molar-refractivity contribution in [3.63, 3.8) is 0 Å². The molecule has 0 nitrogen and oxygen atoms in total. The number of hydrogen-bond acceptors (Lipinski definition) is 0. The molecule has 1 unspecified atom stereocenters. The Morgan fingerprint density at radius 2 is 0.943 bits per heavy atom. The van der Waals surface area contributed by atoms with Crippen LogP contribution in [0.1, 0.15) is 162 Å². The van der Waals surface area contributed by atoms with E-state index in [0.717, 1.165) is 6.42 Å². The SMILES string of the molecule is CCC(c1cc(C(C)(C)C)ccc1C(C)(C)C)c1ccc(C(C)(C)C)c(C(C)(C)C)c1C(C)(C)C. The Morgan fingerprint density at radius 1 is 0.486 bits per heavy atom. The number of benzene rings is 2. The monoisotopic (exact) mass is 476 g/mol. The molecule has 0 aliphatic heterocycles. The fourth-order valence-electron chi connectivity index (χ4n) is 5.73. The van der Waals surface area contributed by atoms with Gasteiger partial charge in [0.2, 0.25) is 0 Å². The molecule has 35 heavy (non-hydrogen) atoms. The summed E-state index contributed by atoms with van der Waals surface area (Å²) < 4.78 is 0. The van der Waals surface area contributed by atoms with Crippen LogP contribution in [0.25, 0.3) is 0 Å². The molecule has 196 valence electrons. The van der Waals surface area contributed by atoms with Gasteiger partial charge in [-0.3, -0.25) is 0 Å². The third kappa shape index (κ3) is 6.42. The summed E-state index contributed by atoms with van der Waals surface area (Å²) in [5, 5.41) is 0. The molecule has 0 aliphatic carbocycles. The predicted molar refractivity (Wildman–Crippen MR) is 159 cm³/mol. The molecule has 0 heterocycles. The largest absolute Gasteiger partial charge is 0.0645 e. The molecule has 0 N–H and O–H groups in total. The van der Waals surface area contributed by atoms with Gasteiger partial charge in [-0.05, 0) is 72.4 Å². The van der Waals surface area contributed by atoms with Gasteiger partial charge in [0.25, 0.3) is 0 Å². The minimum Gasteiger partial charge on any atom is -0.0645 e. The zero-order valence-electron chi connectivity index (χ0n) is 26.2. The van der Waals surface area contributed by atoms with Crippen molar-refractivity contribution in [3.05, 3.63) is 69.3 Å². The Hall–Kier alpha value is -1.56. The average Bonchev–Trinajstić information content (AvgIpc) is 2.64. The summed E-state index contributed by atoms with van der Waals surface area (Å²) in [7, 11) is 0. The molecule has 0 heteroatoms. The summed E-state index contributed by atoms with van der Waals surface area (Å²) in [5.41, 5.74) is 11.0. The van der Waals surface area contributed by atoms with Crippen molar-refractivity contribution in [3.8, 4) is 0 Å². The fraction of sp³-hybridized carbons (Fsp3) is 0.657. The van der Waals surface area contributed by atoms with Gasteiger partial charge < -0.3 is 0 Å². The Labute approximate surface area is 219 Å². The van der Waals surface area contributed by atoms with Crippen LogP contribution in [0.2, 0.25) is 0 Å². The van der Waals surface area contributed by atoms with Crippen LogP contribution in [0, 0.1) is 0 Å². The van der Waals surface area contributed by atoms with Gasteiger partial charge in [0.15, 0.2) is 0 Å². The molecule has 0 saturated heterocycles. The van der Waals surface area contributed by atoms with E-state index in [1.54, 1.807) is 11.1 Å². The van der Waals surface area contributed by atoms with Crippen LogP contribution >= 0.6 is 0 Å². The maximum atomic E-state index is 2.54. The van der Waals surface area contributed by atoms with Crippen LogP contribution < -0.4 is 0 Å². The smallest absolute Gasteiger partial charge is 0.00928 e. The molecule has 0 radical (unpaired) electrons. The van der Waals surface area contributed by atoms with Crippen molar-refractivity contribution in [1.82, 2.24) is 0 Å². The minimum absolute atomic E-state index is 0.0517. The summed E-state index contributed by atoms with van der Waals surface area (Å²) in [6.07, 6.45) is 1.10. The molecule has 2 rings (SSSR count). The second-order valence-electron chi connectivity index (χ2n) is 16.0. The van der Waals surface area contributed by atoms with E-state index in [9.17, 15) is 0 Å². The highest BCUT2D eigenvalue weighted by Gasteiger charge is 2.36. The molecule has 2 aromatic rings. The summed E-state index contributed by atoms with van der Waals surface area (Å²) in [5.74, 6) is 0.371. The zero-order valence-corrected chi connectivity index (χ0v) is 26.2. The predicted octanol–water partition coefficient (Wildman–Crippen LogP) is 10.7. The summed E-state index contributed by atoms with van der Waals surface area (Å²) in [6.45, 7) is 38.0. The van der Waals surface area contributed by atoms with E-state index in [4.69, 9.17) is 0 Å². The first-order valence-corrected chi connectivity index (χ1v) is 13.8. The minimum atomic E-state index is 0.0517. The van der Waals surface area contributed by atoms with Crippen molar-refractivity contribution in [1.29, 1.82) is 0 Å². The van der Waals surface area contributed by atoms with Crippen molar-refractivity contribution in [2.75, 3.05) is 0 Å². The van der Waals surface area contributed by atoms with E-state index in [0.29, 0.717) is 5.92 Å². The maximum absolute atomic E-state index is 2.54. The quantitative estimate of drug-likeness (QED) is 0.413. The first-order valence-electron chi connectivity index (χ1n) is 13.8. The Morgan fingerprint density at radius 3 is 1.31 bits per heavy atom. The van der Waals surface area contributed by atoms with Crippen LogP contribution in [0.15, 0.2) is 30.3 Å². The number of hydrogen-bond donors (Lipinski definition) is 0. The van der Waals surface area contributed by atoms with E-state index in [1.165, 1.54) is 27.8 Å². The van der Waals surface area contributed by atoms with Crippen molar-refractivity contribution in [2.24, 2.45) is 0 Å². The Balaban J connectivity index is 3.08. The molecular formula is C35H56. The van der Waals surface area contributed by atoms with E-state index < -0.39 is 0 Å². The second-order valence-corrected chi connectivity index (χ2v) is 16.0. The highest BCUT2D eigenvalue weighted by atomic mass is 14.4. The lowest BCUT2D eigenvalue weighted by Gasteiger charge is -2.40. The van der Waals surface area contributed by atoms with Crippen molar-refractivity contribution in [2.45, 2.75) is 150 Å². The van der Waals surface area contributed by atoms with Crippen molar-refractivity contribution >= 4 is 0 Å². The lowest BCUT2D eigenvalue weighted by atomic mass is 9.64. The van der Waals surface area contributed by atoms with Crippen LogP contribution in [0.5, 0.6) is 0 Å². The second kappa shape index (κ2) is 9.39. The molecule has 0 fully saturated rings. The normalized spacial score (nSPS) is 14.9. The van der Waals surface area contributed by atoms with Crippen molar-refractivity contribution < 1.29 is 0 Å². The van der Waals surface area contributed by atoms with Crippen LogP contribution in [0.4, 0.5) is 0 Å². The van der Waals surface area contributed by atoms with E-state index in [1.807, 2.05) is 0 Å². The fourth-order valence-corrected chi connectivity index (χ4v) is 5.73. The standard InChI is InChI=1S/C35H56/c1-17-24(26-22-23(31(2,3)4)18-20-27(26)32(5,6)7)25-19-21-28(33(8,9)10)30(35(14,15)16)29(25)34(11,12)13/h18-22,24H,17H2,1-16H3. The van der Waals surface area contributed by atoms with Gasteiger partial charge in [-0.15, -0.1) is 0 Å². The van der Waals surface area contributed by atoms with E-state index >= 15 is 0 Å². The van der Waals surface area contributed by atoms with Crippen LogP contribution in [0.3, 0.4) is 0 Å². The van der Waals surface area contributed by atoms with Gasteiger partial charge in [0.1, 0.15) is 0 Å². The Bertz CT molecular complexity index is 1030. The van der Waals surface area contributed by atoms with Crippen LogP contribution in [-0.2, 0) is 27.1 Å². The molecule has 0 amide bonds. The highest BCUT2D eigenvalue weighted by molar-refractivity contribution is 5.55. The first-order chi connectivity index (χ1) is 15.5. The van der Waals surface area contributed by atoms with Gasteiger partial charge in [0, 0.05) is 5.92 Å². The molecule has 0 aromatic heterocycles. The molecule has 1 atom stereocenters. The summed E-state index contributed by atoms with van der Waals surface area (Å²) >= 11 is 0. The van der Waals surface area contributed by atoms with Gasteiger partial charge in [-0.2, -0.15) is 0 Å². The maximum Gasteiger partial charge on any atom is 0.00928 e.